The van der Waals surface area contributed by atoms with E-state index in [9.17, 15) is 9.59 Å². The second kappa shape index (κ2) is 9.32. The molecule has 1 amide bonds. The molecule has 0 N–H and O–H groups in total. The van der Waals surface area contributed by atoms with Crippen LogP contribution in [0.4, 0.5) is 5.69 Å². The van der Waals surface area contributed by atoms with E-state index >= 15 is 0 Å². The molecule has 7 nitrogen and oxygen atoms in total. The zero-order chi connectivity index (χ0) is 21.6. The van der Waals surface area contributed by atoms with Crippen LogP contribution < -0.4 is 14.4 Å². The van der Waals surface area contributed by atoms with Crippen LogP contribution in [0.1, 0.15) is 20.8 Å². The Labute approximate surface area is 183 Å². The molecule has 0 saturated heterocycles. The summed E-state index contributed by atoms with van der Waals surface area (Å²) in [7, 11) is 0. The number of hydrogen-bond acceptors (Lipinski definition) is 7. The fraction of sp³-hybridized carbons (Fsp3) is 0.174. The molecule has 2 aromatic carbocycles. The fourth-order valence-corrected chi connectivity index (χ4v) is 3.78. The second-order valence-corrected chi connectivity index (χ2v) is 7.69. The Morgan fingerprint density at radius 2 is 1.90 bits per heavy atom. The van der Waals surface area contributed by atoms with Crippen molar-refractivity contribution in [2.75, 3.05) is 24.7 Å². The van der Waals surface area contributed by atoms with Crippen molar-refractivity contribution < 1.29 is 23.8 Å². The minimum atomic E-state index is -0.663. The van der Waals surface area contributed by atoms with Gasteiger partial charge in [0.05, 0.1) is 23.7 Å². The molecule has 8 heteroatoms. The molecule has 0 saturated carbocycles. The van der Waals surface area contributed by atoms with Crippen LogP contribution in [0, 0.1) is 11.3 Å². The van der Waals surface area contributed by atoms with Crippen LogP contribution in [0.25, 0.3) is 0 Å². The number of esters is 1. The molecule has 1 aromatic heterocycles. The Hall–Kier alpha value is -3.83. The molecular formula is C23H18N2O5S. The summed E-state index contributed by atoms with van der Waals surface area (Å²) in [5.74, 6) is 0.152. The quantitative estimate of drug-likeness (QED) is 0.549. The lowest BCUT2D eigenvalue weighted by atomic mass is 10.1. The van der Waals surface area contributed by atoms with Gasteiger partial charge >= 0.3 is 5.97 Å². The van der Waals surface area contributed by atoms with E-state index < -0.39 is 12.6 Å². The lowest BCUT2D eigenvalue weighted by molar-refractivity contribution is -0.121. The van der Waals surface area contributed by atoms with E-state index in [1.807, 2.05) is 23.6 Å². The largest absolute Gasteiger partial charge is 0.486 e. The van der Waals surface area contributed by atoms with E-state index in [1.165, 1.54) is 23.5 Å². The number of amides is 1. The summed E-state index contributed by atoms with van der Waals surface area (Å²) in [6.07, 6.45) is 0. The average molecular weight is 434 g/mol. The van der Waals surface area contributed by atoms with Gasteiger partial charge in [-0.15, -0.1) is 11.3 Å². The molecule has 0 spiro atoms. The number of nitriles is 1. The van der Waals surface area contributed by atoms with Gasteiger partial charge in [-0.3, -0.25) is 4.79 Å². The summed E-state index contributed by atoms with van der Waals surface area (Å²) >= 11 is 1.53. The van der Waals surface area contributed by atoms with Gasteiger partial charge in [-0.25, -0.2) is 4.79 Å². The zero-order valence-corrected chi connectivity index (χ0v) is 17.3. The van der Waals surface area contributed by atoms with Gasteiger partial charge in [-0.05, 0) is 41.8 Å². The Kier molecular flexibility index (Phi) is 6.15. The average Bonchev–Trinajstić information content (AvgIpc) is 3.34. The summed E-state index contributed by atoms with van der Waals surface area (Å²) in [4.78, 5) is 27.9. The molecule has 156 valence electrons. The summed E-state index contributed by atoms with van der Waals surface area (Å²) in [5.41, 5.74) is 1.18. The highest BCUT2D eigenvalue weighted by molar-refractivity contribution is 7.09. The first-order chi connectivity index (χ1) is 15.1. The highest BCUT2D eigenvalue weighted by atomic mass is 32.1. The minimum Gasteiger partial charge on any atom is -0.486 e. The number of carbonyl (C=O) groups excluding carboxylic acids is 2. The Bertz CT molecular complexity index is 1140. The van der Waals surface area contributed by atoms with Crippen LogP contribution in [0.2, 0.25) is 0 Å². The Balaban J connectivity index is 1.51. The number of nitrogens with zero attached hydrogens (tertiary/aromatic N) is 2. The van der Waals surface area contributed by atoms with Gasteiger partial charge in [-0.1, -0.05) is 12.1 Å². The van der Waals surface area contributed by atoms with Crippen LogP contribution >= 0.6 is 11.3 Å². The number of thiophene rings is 1. The van der Waals surface area contributed by atoms with Crippen molar-refractivity contribution in [3.8, 4) is 17.6 Å². The van der Waals surface area contributed by atoms with Crippen molar-refractivity contribution in [2.45, 2.75) is 6.54 Å². The smallest absolute Gasteiger partial charge is 0.338 e. The van der Waals surface area contributed by atoms with E-state index in [0.29, 0.717) is 42.5 Å². The molecule has 3 aromatic rings. The van der Waals surface area contributed by atoms with Gasteiger partial charge in [0, 0.05) is 16.6 Å². The molecule has 31 heavy (non-hydrogen) atoms. The van der Waals surface area contributed by atoms with E-state index in [2.05, 4.69) is 0 Å². The van der Waals surface area contributed by atoms with E-state index in [0.717, 1.165) is 4.88 Å². The first kappa shape index (κ1) is 20.4. The monoisotopic (exact) mass is 434 g/mol. The topological polar surface area (TPSA) is 88.9 Å². The van der Waals surface area contributed by atoms with E-state index in [-0.39, 0.29) is 11.5 Å². The number of anilines is 1. The molecule has 0 bridgehead atoms. The zero-order valence-electron chi connectivity index (χ0n) is 16.4. The molecule has 0 fully saturated rings. The van der Waals surface area contributed by atoms with Crippen molar-refractivity contribution in [3.05, 3.63) is 76.0 Å². The minimum absolute atomic E-state index is 0.219. The van der Waals surface area contributed by atoms with Crippen LogP contribution in [0.3, 0.4) is 0 Å². The standard InChI is InChI=1S/C23H18N2O5S/c24-13-16-3-1-4-17(11-16)23(27)30-15-22(26)25(14-19-5-2-10-31-19)18-6-7-20-21(12-18)29-9-8-28-20/h1-7,10-12H,8-9,14-15H2. The highest BCUT2D eigenvalue weighted by Crippen LogP contribution is 2.34. The van der Waals surface area contributed by atoms with Crippen LogP contribution in [0.5, 0.6) is 11.5 Å². The van der Waals surface area contributed by atoms with Gasteiger partial charge in [0.2, 0.25) is 0 Å². The Morgan fingerprint density at radius 3 is 2.68 bits per heavy atom. The summed E-state index contributed by atoms with van der Waals surface area (Å²) in [6, 6.07) is 17.3. The molecule has 0 radical (unpaired) electrons. The fourth-order valence-electron chi connectivity index (χ4n) is 3.09. The van der Waals surface area contributed by atoms with Crippen molar-refractivity contribution >= 4 is 28.9 Å². The number of ether oxygens (including phenoxy) is 3. The molecule has 0 atom stereocenters. The second-order valence-electron chi connectivity index (χ2n) is 6.66. The lowest BCUT2D eigenvalue weighted by Gasteiger charge is -2.25. The van der Waals surface area contributed by atoms with E-state index in [4.69, 9.17) is 19.5 Å². The third-order valence-corrected chi connectivity index (χ3v) is 5.45. The van der Waals surface area contributed by atoms with Crippen LogP contribution in [-0.2, 0) is 16.1 Å². The predicted molar refractivity (Wildman–Crippen MR) is 114 cm³/mol. The van der Waals surface area contributed by atoms with Crippen LogP contribution in [0.15, 0.2) is 60.0 Å². The molecule has 0 aliphatic carbocycles. The summed E-state index contributed by atoms with van der Waals surface area (Å²) < 4.78 is 16.4. The van der Waals surface area contributed by atoms with Gasteiger partial charge in [0.1, 0.15) is 13.2 Å². The maximum Gasteiger partial charge on any atom is 0.338 e. The highest BCUT2D eigenvalue weighted by Gasteiger charge is 2.22. The van der Waals surface area contributed by atoms with Crippen molar-refractivity contribution in [2.24, 2.45) is 0 Å². The number of carbonyl (C=O) groups is 2. The number of hydrogen-bond donors (Lipinski definition) is 0. The lowest BCUT2D eigenvalue weighted by Crippen LogP contribution is -2.34. The normalized spacial score (nSPS) is 12.0. The predicted octanol–water partition coefficient (Wildman–Crippen LogP) is 3.78. The first-order valence-electron chi connectivity index (χ1n) is 9.54. The first-order valence-corrected chi connectivity index (χ1v) is 10.4. The number of rotatable bonds is 6. The molecule has 4 rings (SSSR count). The van der Waals surface area contributed by atoms with Crippen molar-refractivity contribution in [1.82, 2.24) is 0 Å². The van der Waals surface area contributed by atoms with Crippen LogP contribution in [-0.4, -0.2) is 31.7 Å². The summed E-state index contributed by atoms with van der Waals surface area (Å²) in [6.45, 7) is 0.814. The number of benzene rings is 2. The number of fused-ring (bicyclic) bond motifs is 1. The molecule has 1 aliphatic rings. The van der Waals surface area contributed by atoms with Crippen molar-refractivity contribution in [3.63, 3.8) is 0 Å². The van der Waals surface area contributed by atoms with Gasteiger partial charge < -0.3 is 19.1 Å². The Morgan fingerprint density at radius 1 is 1.06 bits per heavy atom. The molecular weight excluding hydrogens is 416 g/mol. The van der Waals surface area contributed by atoms with E-state index in [1.54, 1.807) is 35.2 Å². The SMILES string of the molecule is N#Cc1cccc(C(=O)OCC(=O)N(Cc2cccs2)c2ccc3c(c2)OCCO3)c1. The van der Waals surface area contributed by atoms with Gasteiger partial charge in [0.15, 0.2) is 18.1 Å². The van der Waals surface area contributed by atoms with Gasteiger partial charge in [-0.2, -0.15) is 5.26 Å². The maximum absolute atomic E-state index is 13.0. The third-order valence-electron chi connectivity index (χ3n) is 4.59. The molecule has 0 unspecified atom stereocenters. The van der Waals surface area contributed by atoms with Crippen molar-refractivity contribution in [1.29, 1.82) is 5.26 Å². The summed E-state index contributed by atoms with van der Waals surface area (Å²) in [5, 5.41) is 10.9. The maximum atomic E-state index is 13.0. The van der Waals surface area contributed by atoms with Gasteiger partial charge in [0.25, 0.3) is 5.91 Å². The molecule has 2 heterocycles. The molecule has 1 aliphatic heterocycles. The third kappa shape index (κ3) is 4.85.